The molecule has 1 aliphatic carbocycles. The highest BCUT2D eigenvalue weighted by Crippen LogP contribution is 2.34. The standard InChI is InChI=1S/C10H20N2O/c11-6-7-3-4-9(13)10-8(7)2-1-5-12-10/h7-10,12-13H,1-6,11H2. The summed E-state index contributed by atoms with van der Waals surface area (Å²) in [5, 5.41) is 13.2. The molecule has 2 rings (SSSR count). The highest BCUT2D eigenvalue weighted by molar-refractivity contribution is 4.94. The first-order chi connectivity index (χ1) is 6.33. The Balaban J connectivity index is 2.05. The Hall–Kier alpha value is -0.120. The van der Waals surface area contributed by atoms with Gasteiger partial charge in [-0.1, -0.05) is 0 Å². The molecule has 76 valence electrons. The quantitative estimate of drug-likeness (QED) is 0.541. The zero-order chi connectivity index (χ0) is 9.26. The van der Waals surface area contributed by atoms with E-state index in [1.807, 2.05) is 0 Å². The van der Waals surface area contributed by atoms with Crippen molar-refractivity contribution in [1.82, 2.24) is 5.32 Å². The van der Waals surface area contributed by atoms with Crippen molar-refractivity contribution in [1.29, 1.82) is 0 Å². The highest BCUT2D eigenvalue weighted by Gasteiger charge is 2.38. The lowest BCUT2D eigenvalue weighted by Gasteiger charge is -2.44. The van der Waals surface area contributed by atoms with Crippen LogP contribution in [0.1, 0.15) is 25.7 Å². The Morgan fingerprint density at radius 3 is 2.92 bits per heavy atom. The second-order valence-corrected chi connectivity index (χ2v) is 4.43. The van der Waals surface area contributed by atoms with Crippen LogP contribution in [0, 0.1) is 11.8 Å². The summed E-state index contributed by atoms with van der Waals surface area (Å²) in [4.78, 5) is 0. The van der Waals surface area contributed by atoms with Crippen LogP contribution in [-0.4, -0.2) is 30.3 Å². The highest BCUT2D eigenvalue weighted by atomic mass is 16.3. The van der Waals surface area contributed by atoms with Gasteiger partial charge >= 0.3 is 0 Å². The Labute approximate surface area is 79.7 Å². The second kappa shape index (κ2) is 3.95. The molecule has 4 unspecified atom stereocenters. The van der Waals surface area contributed by atoms with Crippen molar-refractivity contribution in [2.24, 2.45) is 17.6 Å². The van der Waals surface area contributed by atoms with E-state index in [0.29, 0.717) is 17.9 Å². The van der Waals surface area contributed by atoms with Gasteiger partial charge in [0.15, 0.2) is 0 Å². The summed E-state index contributed by atoms with van der Waals surface area (Å²) >= 11 is 0. The van der Waals surface area contributed by atoms with Gasteiger partial charge in [-0.2, -0.15) is 0 Å². The molecule has 0 aromatic rings. The van der Waals surface area contributed by atoms with Crippen molar-refractivity contribution in [3.63, 3.8) is 0 Å². The number of aliphatic hydroxyl groups is 1. The number of hydrogen-bond acceptors (Lipinski definition) is 3. The van der Waals surface area contributed by atoms with Crippen LogP contribution < -0.4 is 11.1 Å². The summed E-state index contributed by atoms with van der Waals surface area (Å²) in [7, 11) is 0. The zero-order valence-electron chi connectivity index (χ0n) is 8.08. The molecule has 4 atom stereocenters. The Morgan fingerprint density at radius 1 is 1.31 bits per heavy atom. The van der Waals surface area contributed by atoms with E-state index < -0.39 is 0 Å². The van der Waals surface area contributed by atoms with Crippen molar-refractivity contribution in [3.8, 4) is 0 Å². The smallest absolute Gasteiger partial charge is 0.0696 e. The van der Waals surface area contributed by atoms with Gasteiger partial charge < -0.3 is 16.2 Å². The van der Waals surface area contributed by atoms with Crippen LogP contribution in [0.2, 0.25) is 0 Å². The molecule has 1 aliphatic heterocycles. The lowest BCUT2D eigenvalue weighted by molar-refractivity contribution is 0.0135. The normalized spacial score (nSPS) is 45.7. The first-order valence-electron chi connectivity index (χ1n) is 5.44. The Bertz CT molecular complexity index is 174. The van der Waals surface area contributed by atoms with Crippen LogP contribution in [0.15, 0.2) is 0 Å². The van der Waals surface area contributed by atoms with Crippen LogP contribution in [0.25, 0.3) is 0 Å². The molecule has 13 heavy (non-hydrogen) atoms. The minimum absolute atomic E-state index is 0.131. The van der Waals surface area contributed by atoms with E-state index in [2.05, 4.69) is 5.32 Å². The topological polar surface area (TPSA) is 58.3 Å². The predicted octanol–water partition coefficient (Wildman–Crippen LogP) is 0.0842. The van der Waals surface area contributed by atoms with Crippen LogP contribution in [0.4, 0.5) is 0 Å². The van der Waals surface area contributed by atoms with Gasteiger partial charge in [0.25, 0.3) is 0 Å². The van der Waals surface area contributed by atoms with Gasteiger partial charge in [0.1, 0.15) is 0 Å². The van der Waals surface area contributed by atoms with Gasteiger partial charge in [0.2, 0.25) is 0 Å². The maximum absolute atomic E-state index is 9.81. The summed E-state index contributed by atoms with van der Waals surface area (Å²) in [6.45, 7) is 1.85. The van der Waals surface area contributed by atoms with Crippen molar-refractivity contribution >= 4 is 0 Å². The molecule has 2 aliphatic rings. The largest absolute Gasteiger partial charge is 0.391 e. The number of nitrogens with two attached hydrogens (primary N) is 1. The Kier molecular flexibility index (Phi) is 2.86. The monoisotopic (exact) mass is 184 g/mol. The number of hydrogen-bond donors (Lipinski definition) is 3. The van der Waals surface area contributed by atoms with Gasteiger partial charge in [-0.05, 0) is 50.6 Å². The molecule has 1 saturated heterocycles. The van der Waals surface area contributed by atoms with Crippen LogP contribution >= 0.6 is 0 Å². The molecule has 0 amide bonds. The molecule has 0 spiro atoms. The van der Waals surface area contributed by atoms with Gasteiger partial charge in [0, 0.05) is 6.04 Å². The third-order valence-corrected chi connectivity index (χ3v) is 3.71. The summed E-state index contributed by atoms with van der Waals surface area (Å²) in [6, 6.07) is 0.330. The lowest BCUT2D eigenvalue weighted by Crippen LogP contribution is -2.55. The predicted molar refractivity (Wildman–Crippen MR) is 52.3 cm³/mol. The van der Waals surface area contributed by atoms with Crippen LogP contribution in [0.3, 0.4) is 0 Å². The van der Waals surface area contributed by atoms with Crippen molar-refractivity contribution in [2.45, 2.75) is 37.8 Å². The molecule has 1 saturated carbocycles. The second-order valence-electron chi connectivity index (χ2n) is 4.43. The third kappa shape index (κ3) is 1.73. The average Bonchev–Trinajstić information content (AvgIpc) is 2.19. The van der Waals surface area contributed by atoms with Crippen molar-refractivity contribution < 1.29 is 5.11 Å². The van der Waals surface area contributed by atoms with Gasteiger partial charge in [-0.25, -0.2) is 0 Å². The molecular weight excluding hydrogens is 164 g/mol. The fourth-order valence-corrected chi connectivity index (χ4v) is 2.96. The first-order valence-corrected chi connectivity index (χ1v) is 5.44. The number of piperidine rings is 1. The lowest BCUT2D eigenvalue weighted by atomic mass is 9.71. The number of nitrogens with one attached hydrogen (secondary N) is 1. The number of fused-ring (bicyclic) bond motifs is 1. The first kappa shape index (κ1) is 9.44. The van der Waals surface area contributed by atoms with Gasteiger partial charge in [-0.3, -0.25) is 0 Å². The van der Waals surface area contributed by atoms with E-state index in [9.17, 15) is 5.11 Å². The van der Waals surface area contributed by atoms with Crippen molar-refractivity contribution in [3.05, 3.63) is 0 Å². The molecule has 0 bridgehead atoms. The van der Waals surface area contributed by atoms with Crippen LogP contribution in [-0.2, 0) is 0 Å². The molecule has 0 aromatic heterocycles. The molecule has 3 heteroatoms. The van der Waals surface area contributed by atoms with Crippen LogP contribution in [0.5, 0.6) is 0 Å². The molecule has 2 fully saturated rings. The zero-order valence-corrected chi connectivity index (χ0v) is 8.08. The van der Waals surface area contributed by atoms with Gasteiger partial charge in [0.05, 0.1) is 6.10 Å². The minimum atomic E-state index is -0.131. The average molecular weight is 184 g/mol. The molecule has 1 heterocycles. The SMILES string of the molecule is NCC1CCC(O)C2NCCCC12. The van der Waals surface area contributed by atoms with E-state index in [1.54, 1.807) is 0 Å². The van der Waals surface area contributed by atoms with E-state index in [-0.39, 0.29) is 6.10 Å². The van der Waals surface area contributed by atoms with Crippen molar-refractivity contribution in [2.75, 3.05) is 13.1 Å². The number of aliphatic hydroxyl groups excluding tert-OH is 1. The molecule has 4 N–H and O–H groups in total. The maximum Gasteiger partial charge on any atom is 0.0696 e. The summed E-state index contributed by atoms with van der Waals surface area (Å²) in [5.41, 5.74) is 5.75. The van der Waals surface area contributed by atoms with E-state index >= 15 is 0 Å². The number of rotatable bonds is 1. The summed E-state index contributed by atoms with van der Waals surface area (Å²) < 4.78 is 0. The Morgan fingerprint density at radius 2 is 2.15 bits per heavy atom. The summed E-state index contributed by atoms with van der Waals surface area (Å²) in [5.74, 6) is 1.27. The van der Waals surface area contributed by atoms with Gasteiger partial charge in [-0.15, -0.1) is 0 Å². The fourth-order valence-electron chi connectivity index (χ4n) is 2.96. The molecular formula is C10H20N2O. The molecule has 3 nitrogen and oxygen atoms in total. The van der Waals surface area contributed by atoms with E-state index in [0.717, 1.165) is 25.9 Å². The minimum Gasteiger partial charge on any atom is -0.391 e. The molecule has 0 aromatic carbocycles. The third-order valence-electron chi connectivity index (χ3n) is 3.71. The van der Waals surface area contributed by atoms with E-state index in [1.165, 1.54) is 12.8 Å². The maximum atomic E-state index is 9.81. The molecule has 0 radical (unpaired) electrons. The fraction of sp³-hybridized carbons (Fsp3) is 1.00. The van der Waals surface area contributed by atoms with E-state index in [4.69, 9.17) is 5.73 Å². The summed E-state index contributed by atoms with van der Waals surface area (Å²) in [6.07, 6.45) is 4.39.